The highest BCUT2D eigenvalue weighted by molar-refractivity contribution is 6.37. The Balaban J connectivity index is 0.919. The summed E-state index contributed by atoms with van der Waals surface area (Å²) in [6, 6.07) is 17.2. The van der Waals surface area contributed by atoms with Gasteiger partial charge in [0.15, 0.2) is 5.82 Å². The summed E-state index contributed by atoms with van der Waals surface area (Å²) >= 11 is 13.7. The average Bonchev–Trinajstić information content (AvgIpc) is 4.03. The Kier molecular flexibility index (Phi) is 10.9. The Labute approximate surface area is 327 Å². The average molecular weight is 784 g/mol. The number of benzene rings is 2. The maximum absolute atomic E-state index is 13.5. The topological polar surface area (TPSA) is 172 Å². The summed E-state index contributed by atoms with van der Waals surface area (Å²) in [5.41, 5.74) is 5.98. The van der Waals surface area contributed by atoms with Crippen LogP contribution in [0.2, 0.25) is 10.0 Å². The van der Waals surface area contributed by atoms with Crippen LogP contribution in [0.5, 0.6) is 11.8 Å². The number of methoxy groups -OCH3 is 1. The second-order valence-corrected chi connectivity index (χ2v) is 14.8. The van der Waals surface area contributed by atoms with Crippen molar-refractivity contribution >= 4 is 40.8 Å². The third-order valence-electron chi connectivity index (χ3n) is 10.4. The zero-order valence-electron chi connectivity index (χ0n) is 30.1. The molecule has 4 N–H and O–H groups in total. The highest BCUT2D eigenvalue weighted by Gasteiger charge is 2.30. The fourth-order valence-corrected chi connectivity index (χ4v) is 8.23. The van der Waals surface area contributed by atoms with Crippen LogP contribution in [0.1, 0.15) is 76.1 Å². The molecule has 2 amide bonds. The number of amides is 2. The molecule has 0 bridgehead atoms. The van der Waals surface area contributed by atoms with E-state index in [0.29, 0.717) is 53.2 Å². The summed E-state index contributed by atoms with van der Waals surface area (Å²) in [6.07, 6.45) is 5.27. The molecule has 3 atom stereocenters. The third kappa shape index (κ3) is 8.13. The van der Waals surface area contributed by atoms with E-state index in [9.17, 15) is 9.59 Å². The molecule has 3 aliphatic rings. The molecule has 0 spiro atoms. The van der Waals surface area contributed by atoms with Crippen molar-refractivity contribution in [2.45, 2.75) is 63.3 Å². The zero-order chi connectivity index (χ0) is 37.9. The Morgan fingerprint density at radius 1 is 1.04 bits per heavy atom. The van der Waals surface area contributed by atoms with Gasteiger partial charge in [0, 0.05) is 61.9 Å². The minimum Gasteiger partial charge on any atom is -0.481 e. The second kappa shape index (κ2) is 16.3. The summed E-state index contributed by atoms with van der Waals surface area (Å²) in [5.74, 6) is 1.89. The number of nitrogens with zero attached hydrogens (tertiary/aromatic N) is 6. The number of aromatic nitrogens is 6. The number of carbonyl (C=O) groups excluding carboxylic acids is 2. The lowest BCUT2D eigenvalue weighted by molar-refractivity contribution is -0.119. The standard InChI is InChI=1S/C39H40Cl2N10O4/c1-54-38-24(18-42-19-25-9-13-34(52)44-25)16-31(40)39(46-38)55-32-11-10-27-26(4-2-5-28(27)32)29-6-3-7-30(35(29)41)37(53)45-33-12-8-22(17-43-33)20-51-15-14-23(21-51)36-47-49-50-48-36/h2-8,12,16-17,23,25,32,42H,9-11,13-15,18-21H2,1H3,(H,44,52)(H,43,45,53)(H,47,48,49,50)/t23-,25+,32+/m1/s1. The van der Waals surface area contributed by atoms with Gasteiger partial charge in [0.2, 0.25) is 17.7 Å². The molecule has 5 heterocycles. The van der Waals surface area contributed by atoms with E-state index in [1.54, 1.807) is 25.4 Å². The predicted molar refractivity (Wildman–Crippen MR) is 206 cm³/mol. The van der Waals surface area contributed by atoms with Gasteiger partial charge >= 0.3 is 0 Å². The number of anilines is 1. The van der Waals surface area contributed by atoms with Crippen LogP contribution in [0.25, 0.3) is 11.1 Å². The summed E-state index contributed by atoms with van der Waals surface area (Å²) in [5, 5.41) is 24.4. The molecule has 3 aromatic heterocycles. The molecule has 55 heavy (non-hydrogen) atoms. The van der Waals surface area contributed by atoms with Gasteiger partial charge in [-0.1, -0.05) is 64.8 Å². The first kappa shape index (κ1) is 36.8. The first-order valence-corrected chi connectivity index (χ1v) is 19.1. The van der Waals surface area contributed by atoms with Crippen LogP contribution < -0.4 is 25.4 Å². The van der Waals surface area contributed by atoms with E-state index in [1.807, 2.05) is 42.5 Å². The first-order valence-electron chi connectivity index (χ1n) is 18.4. The molecule has 2 aromatic carbocycles. The van der Waals surface area contributed by atoms with Crippen molar-refractivity contribution in [3.8, 4) is 22.9 Å². The number of hydrogen-bond acceptors (Lipinski definition) is 11. The Morgan fingerprint density at radius 3 is 2.69 bits per heavy atom. The van der Waals surface area contributed by atoms with E-state index in [0.717, 1.165) is 78.1 Å². The number of carbonyl (C=O) groups is 2. The van der Waals surface area contributed by atoms with Gasteiger partial charge in [-0.25, -0.2) is 4.98 Å². The molecule has 0 saturated carbocycles. The molecule has 14 nitrogen and oxygen atoms in total. The lowest BCUT2D eigenvalue weighted by atomic mass is 9.95. The van der Waals surface area contributed by atoms with Crippen molar-refractivity contribution in [2.24, 2.45) is 0 Å². The lowest BCUT2D eigenvalue weighted by Gasteiger charge is -2.18. The Morgan fingerprint density at radius 2 is 1.91 bits per heavy atom. The minimum atomic E-state index is -0.345. The number of aromatic amines is 1. The van der Waals surface area contributed by atoms with E-state index >= 15 is 0 Å². The Hall–Kier alpha value is -5.15. The molecule has 2 saturated heterocycles. The molecular weight excluding hydrogens is 743 g/mol. The number of halogens is 2. The first-order chi connectivity index (χ1) is 26.8. The molecule has 5 aromatic rings. The largest absolute Gasteiger partial charge is 0.481 e. The van der Waals surface area contributed by atoms with Crippen molar-refractivity contribution in [2.75, 3.05) is 32.1 Å². The SMILES string of the molecule is COc1nc(O[C@H]2CCc3c(-c4cccc(C(=O)Nc5ccc(CN6CC[C@@H](c7nn[nH]n7)C6)cn5)c4Cl)cccc32)c(Cl)cc1CNC[C@@H]1CCC(=O)N1. The van der Waals surface area contributed by atoms with Crippen molar-refractivity contribution < 1.29 is 19.1 Å². The van der Waals surface area contributed by atoms with E-state index in [-0.39, 0.29) is 35.8 Å². The number of tetrazole rings is 1. The summed E-state index contributed by atoms with van der Waals surface area (Å²) < 4.78 is 12.0. The molecule has 8 rings (SSSR count). The third-order valence-corrected chi connectivity index (χ3v) is 11.1. The minimum absolute atomic E-state index is 0.0813. The zero-order valence-corrected chi connectivity index (χ0v) is 31.7. The monoisotopic (exact) mass is 782 g/mol. The number of ether oxygens (including phenoxy) is 2. The molecule has 284 valence electrons. The summed E-state index contributed by atoms with van der Waals surface area (Å²) in [7, 11) is 1.56. The number of hydrogen-bond donors (Lipinski definition) is 4. The van der Waals surface area contributed by atoms with Gasteiger partial charge in [-0.3, -0.25) is 14.5 Å². The van der Waals surface area contributed by atoms with Crippen molar-refractivity contribution in [3.05, 3.63) is 104 Å². The second-order valence-electron chi connectivity index (χ2n) is 14.1. The van der Waals surface area contributed by atoms with Gasteiger partial charge < -0.3 is 25.4 Å². The van der Waals surface area contributed by atoms with Gasteiger partial charge in [0.1, 0.15) is 16.9 Å². The lowest BCUT2D eigenvalue weighted by Crippen LogP contribution is -2.35. The van der Waals surface area contributed by atoms with E-state index < -0.39 is 0 Å². The maximum Gasteiger partial charge on any atom is 0.258 e. The van der Waals surface area contributed by atoms with Crippen LogP contribution in [0.4, 0.5) is 5.82 Å². The van der Waals surface area contributed by atoms with E-state index in [2.05, 4.69) is 51.4 Å². The fourth-order valence-electron chi connectivity index (χ4n) is 7.70. The molecule has 2 aliphatic heterocycles. The number of nitrogens with one attached hydrogen (secondary N) is 4. The van der Waals surface area contributed by atoms with Gasteiger partial charge in [-0.05, 0) is 72.7 Å². The molecule has 1 aliphatic carbocycles. The summed E-state index contributed by atoms with van der Waals surface area (Å²) in [6.45, 7) is 3.64. The van der Waals surface area contributed by atoms with Crippen LogP contribution in [0, 0.1) is 0 Å². The van der Waals surface area contributed by atoms with Crippen LogP contribution >= 0.6 is 23.2 Å². The quantitative estimate of drug-likeness (QED) is 0.116. The highest BCUT2D eigenvalue weighted by Crippen LogP contribution is 2.43. The number of likely N-dealkylation sites (tertiary alicyclic amines) is 1. The number of H-pyrrole nitrogens is 1. The van der Waals surface area contributed by atoms with E-state index in [4.69, 9.17) is 32.7 Å². The van der Waals surface area contributed by atoms with Gasteiger partial charge in [-0.15, -0.1) is 10.2 Å². The number of fused-ring (bicyclic) bond motifs is 1. The fraction of sp³-hybridized carbons (Fsp3) is 0.359. The maximum atomic E-state index is 13.5. The molecule has 16 heteroatoms. The van der Waals surface area contributed by atoms with Crippen LogP contribution in [0.15, 0.2) is 60.8 Å². The van der Waals surface area contributed by atoms with Crippen LogP contribution in [-0.2, 0) is 24.3 Å². The van der Waals surface area contributed by atoms with E-state index in [1.165, 1.54) is 0 Å². The highest BCUT2D eigenvalue weighted by atomic mass is 35.5. The van der Waals surface area contributed by atoms with Crippen molar-refractivity contribution in [3.63, 3.8) is 0 Å². The normalized spacial score (nSPS) is 19.3. The van der Waals surface area contributed by atoms with Crippen molar-refractivity contribution in [1.82, 2.24) is 46.1 Å². The van der Waals surface area contributed by atoms with Gasteiger partial charge in [-0.2, -0.15) is 10.2 Å². The molecule has 0 radical (unpaired) electrons. The van der Waals surface area contributed by atoms with Crippen molar-refractivity contribution in [1.29, 1.82) is 0 Å². The molecule has 2 fully saturated rings. The van der Waals surface area contributed by atoms with Crippen LogP contribution in [-0.4, -0.2) is 80.1 Å². The number of pyridine rings is 2. The summed E-state index contributed by atoms with van der Waals surface area (Å²) in [4.78, 5) is 36.5. The molecular formula is C39H40Cl2N10O4. The predicted octanol–water partition coefficient (Wildman–Crippen LogP) is 5.65. The van der Waals surface area contributed by atoms with Crippen LogP contribution in [0.3, 0.4) is 0 Å². The number of rotatable bonds is 13. The molecule has 0 unspecified atom stereocenters. The Bertz CT molecular complexity index is 2190. The van der Waals surface area contributed by atoms with Gasteiger partial charge in [0.25, 0.3) is 5.91 Å². The smallest absolute Gasteiger partial charge is 0.258 e. The van der Waals surface area contributed by atoms with Gasteiger partial charge in [0.05, 0.1) is 17.7 Å².